The molecule has 6 nitrogen and oxygen atoms in total. The SMILES string of the molecule is CC[C@@H](CNC(=O)[C@@H](C)OC(=O)CCc1c(C)nc(SC)nc1C)c1ccccc1. The summed E-state index contributed by atoms with van der Waals surface area (Å²) in [6.07, 6.45) is 2.69. The number of rotatable bonds is 10. The van der Waals surface area contributed by atoms with Gasteiger partial charge in [0.05, 0.1) is 0 Å². The number of nitrogens with one attached hydrogen (secondary N) is 1. The van der Waals surface area contributed by atoms with E-state index in [9.17, 15) is 9.59 Å². The summed E-state index contributed by atoms with van der Waals surface area (Å²) in [4.78, 5) is 33.5. The highest BCUT2D eigenvalue weighted by atomic mass is 32.2. The summed E-state index contributed by atoms with van der Waals surface area (Å²) in [6, 6.07) is 10.1. The molecule has 0 aliphatic rings. The fourth-order valence-electron chi connectivity index (χ4n) is 3.29. The van der Waals surface area contributed by atoms with Gasteiger partial charge in [-0.05, 0) is 51.0 Å². The van der Waals surface area contributed by atoms with Crippen LogP contribution in [-0.2, 0) is 20.7 Å². The third kappa shape index (κ3) is 6.83. The smallest absolute Gasteiger partial charge is 0.306 e. The number of hydrogen-bond donors (Lipinski definition) is 1. The first kappa shape index (κ1) is 23.9. The van der Waals surface area contributed by atoms with E-state index in [1.807, 2.05) is 38.3 Å². The normalized spacial score (nSPS) is 12.8. The number of nitrogens with zero attached hydrogens (tertiary/aromatic N) is 2. The summed E-state index contributed by atoms with van der Waals surface area (Å²) >= 11 is 1.49. The van der Waals surface area contributed by atoms with Crippen LogP contribution in [0, 0.1) is 13.8 Å². The molecule has 30 heavy (non-hydrogen) atoms. The van der Waals surface area contributed by atoms with Crippen LogP contribution in [0.1, 0.15) is 55.1 Å². The number of ether oxygens (including phenoxy) is 1. The molecule has 0 spiro atoms. The Hall–Kier alpha value is -2.41. The van der Waals surface area contributed by atoms with Crippen LogP contribution in [0.5, 0.6) is 0 Å². The van der Waals surface area contributed by atoms with Gasteiger partial charge in [0, 0.05) is 30.3 Å². The summed E-state index contributed by atoms with van der Waals surface area (Å²) in [5.74, 6) is -0.452. The van der Waals surface area contributed by atoms with E-state index in [4.69, 9.17) is 4.74 Å². The molecule has 2 aromatic rings. The number of hydrogen-bond acceptors (Lipinski definition) is 6. The van der Waals surface area contributed by atoms with Gasteiger partial charge >= 0.3 is 5.97 Å². The van der Waals surface area contributed by atoms with Crippen molar-refractivity contribution in [3.8, 4) is 0 Å². The minimum atomic E-state index is -0.830. The van der Waals surface area contributed by atoms with Crippen LogP contribution in [0.15, 0.2) is 35.5 Å². The first-order valence-electron chi connectivity index (χ1n) is 10.3. The molecule has 2 atom stereocenters. The molecule has 2 rings (SSSR count). The maximum absolute atomic E-state index is 12.4. The summed E-state index contributed by atoms with van der Waals surface area (Å²) < 4.78 is 5.33. The lowest BCUT2D eigenvalue weighted by Crippen LogP contribution is -2.38. The molecule has 0 radical (unpaired) electrons. The fraction of sp³-hybridized carbons (Fsp3) is 0.478. The van der Waals surface area contributed by atoms with Gasteiger partial charge in [0.2, 0.25) is 0 Å². The largest absolute Gasteiger partial charge is 0.453 e. The predicted molar refractivity (Wildman–Crippen MR) is 120 cm³/mol. The second-order valence-corrected chi connectivity index (χ2v) is 8.03. The molecular weight excluding hydrogens is 398 g/mol. The van der Waals surface area contributed by atoms with Crippen molar-refractivity contribution >= 4 is 23.6 Å². The lowest BCUT2D eigenvalue weighted by molar-refractivity contribution is -0.154. The zero-order chi connectivity index (χ0) is 22.1. The van der Waals surface area contributed by atoms with Crippen molar-refractivity contribution in [3.05, 3.63) is 52.8 Å². The number of carbonyl (C=O) groups is 2. The van der Waals surface area contributed by atoms with Gasteiger partial charge in [-0.3, -0.25) is 9.59 Å². The van der Waals surface area contributed by atoms with Gasteiger partial charge in [0.25, 0.3) is 5.91 Å². The summed E-state index contributed by atoms with van der Waals surface area (Å²) in [7, 11) is 0. The maximum atomic E-state index is 12.4. The Morgan fingerprint density at radius 1 is 1.13 bits per heavy atom. The molecule has 0 aliphatic carbocycles. The molecule has 1 aromatic heterocycles. The van der Waals surface area contributed by atoms with Crippen molar-refractivity contribution in [1.82, 2.24) is 15.3 Å². The molecule has 0 bridgehead atoms. The average molecular weight is 430 g/mol. The zero-order valence-electron chi connectivity index (χ0n) is 18.4. The lowest BCUT2D eigenvalue weighted by atomic mass is 9.96. The molecule has 1 heterocycles. The topological polar surface area (TPSA) is 81.2 Å². The number of aryl methyl sites for hydroxylation is 2. The molecule has 1 aromatic carbocycles. The maximum Gasteiger partial charge on any atom is 0.306 e. The van der Waals surface area contributed by atoms with Crippen molar-refractivity contribution in [1.29, 1.82) is 0 Å². The number of aromatic nitrogens is 2. The standard InChI is InChI=1S/C23H31N3O3S/c1-6-18(19-10-8-7-9-11-19)14-24-22(28)17(4)29-21(27)13-12-20-15(2)25-23(30-5)26-16(20)3/h7-11,17-18H,6,12-14H2,1-5H3,(H,24,28)/t17-,18+/m1/s1. The Labute approximate surface area is 183 Å². The molecule has 0 aliphatic heterocycles. The van der Waals surface area contributed by atoms with Gasteiger partial charge < -0.3 is 10.1 Å². The highest BCUT2D eigenvalue weighted by Gasteiger charge is 2.20. The van der Waals surface area contributed by atoms with E-state index in [-0.39, 0.29) is 18.2 Å². The Kier molecular flexibility index (Phi) is 9.30. The molecule has 0 saturated carbocycles. The van der Waals surface area contributed by atoms with Crippen molar-refractivity contribution in [2.45, 2.75) is 64.1 Å². The number of benzene rings is 1. The van der Waals surface area contributed by atoms with Crippen LogP contribution in [0.4, 0.5) is 0 Å². The highest BCUT2D eigenvalue weighted by Crippen LogP contribution is 2.19. The van der Waals surface area contributed by atoms with Crippen LogP contribution in [-0.4, -0.2) is 40.7 Å². The minimum Gasteiger partial charge on any atom is -0.453 e. The summed E-state index contributed by atoms with van der Waals surface area (Å²) in [5, 5.41) is 3.63. The van der Waals surface area contributed by atoms with Gasteiger partial charge in [-0.1, -0.05) is 49.0 Å². The van der Waals surface area contributed by atoms with Crippen LogP contribution < -0.4 is 5.32 Å². The van der Waals surface area contributed by atoms with Crippen molar-refractivity contribution in [2.24, 2.45) is 0 Å². The van der Waals surface area contributed by atoms with Gasteiger partial charge in [0.1, 0.15) is 0 Å². The third-order valence-electron chi connectivity index (χ3n) is 5.13. The van der Waals surface area contributed by atoms with Crippen molar-refractivity contribution in [2.75, 3.05) is 12.8 Å². The zero-order valence-corrected chi connectivity index (χ0v) is 19.2. The van der Waals surface area contributed by atoms with Gasteiger partial charge in [-0.25, -0.2) is 9.97 Å². The summed E-state index contributed by atoms with van der Waals surface area (Å²) in [6.45, 7) is 8.04. The first-order chi connectivity index (χ1) is 14.3. The Balaban J connectivity index is 1.83. The van der Waals surface area contributed by atoms with Crippen LogP contribution in [0.2, 0.25) is 0 Å². The van der Waals surface area contributed by atoms with Crippen molar-refractivity contribution < 1.29 is 14.3 Å². The monoisotopic (exact) mass is 429 g/mol. The Morgan fingerprint density at radius 2 is 1.77 bits per heavy atom. The number of amides is 1. The van der Waals surface area contributed by atoms with E-state index in [0.29, 0.717) is 13.0 Å². The highest BCUT2D eigenvalue weighted by molar-refractivity contribution is 7.98. The summed E-state index contributed by atoms with van der Waals surface area (Å²) in [5.41, 5.74) is 3.88. The van der Waals surface area contributed by atoms with E-state index in [2.05, 4.69) is 34.3 Å². The van der Waals surface area contributed by atoms with Gasteiger partial charge in [-0.15, -0.1) is 0 Å². The number of esters is 1. The molecule has 0 fully saturated rings. The second-order valence-electron chi connectivity index (χ2n) is 7.25. The van der Waals surface area contributed by atoms with Crippen molar-refractivity contribution in [3.63, 3.8) is 0 Å². The Bertz CT molecular complexity index is 835. The molecule has 1 amide bonds. The molecule has 0 unspecified atom stereocenters. The predicted octanol–water partition coefficient (Wildman–Crippen LogP) is 3.99. The molecule has 1 N–H and O–H groups in total. The molecule has 0 saturated heterocycles. The van der Waals surface area contributed by atoms with E-state index in [0.717, 1.165) is 28.5 Å². The van der Waals surface area contributed by atoms with E-state index in [1.165, 1.54) is 17.3 Å². The Morgan fingerprint density at radius 3 is 2.33 bits per heavy atom. The van der Waals surface area contributed by atoms with E-state index in [1.54, 1.807) is 6.92 Å². The van der Waals surface area contributed by atoms with Crippen LogP contribution in [0.25, 0.3) is 0 Å². The van der Waals surface area contributed by atoms with Gasteiger partial charge in [-0.2, -0.15) is 0 Å². The second kappa shape index (κ2) is 11.7. The minimum absolute atomic E-state index is 0.183. The lowest BCUT2D eigenvalue weighted by Gasteiger charge is -2.18. The quantitative estimate of drug-likeness (QED) is 0.349. The third-order valence-corrected chi connectivity index (χ3v) is 5.67. The van der Waals surface area contributed by atoms with Gasteiger partial charge in [0.15, 0.2) is 11.3 Å². The van der Waals surface area contributed by atoms with E-state index >= 15 is 0 Å². The van der Waals surface area contributed by atoms with E-state index < -0.39 is 12.1 Å². The fourth-order valence-corrected chi connectivity index (χ4v) is 3.75. The molecule has 7 heteroatoms. The number of carbonyl (C=O) groups excluding carboxylic acids is 2. The molecule has 162 valence electrons. The van der Waals surface area contributed by atoms with Crippen LogP contribution >= 0.6 is 11.8 Å². The number of thioether (sulfide) groups is 1. The molecular formula is C23H31N3O3S. The average Bonchev–Trinajstić information content (AvgIpc) is 2.73. The first-order valence-corrected chi connectivity index (χ1v) is 11.5. The van der Waals surface area contributed by atoms with Crippen LogP contribution in [0.3, 0.4) is 0 Å².